The molecular formula is C12H22O2. The average molecular weight is 198 g/mol. The van der Waals surface area contributed by atoms with Crippen LogP contribution in [0.5, 0.6) is 0 Å². The van der Waals surface area contributed by atoms with Crippen molar-refractivity contribution in [1.29, 1.82) is 0 Å². The predicted octanol–water partition coefficient (Wildman–Crippen LogP) is 2.88. The van der Waals surface area contributed by atoms with Gasteiger partial charge >= 0.3 is 0 Å². The Morgan fingerprint density at radius 1 is 1.07 bits per heavy atom. The van der Waals surface area contributed by atoms with E-state index >= 15 is 0 Å². The number of hydrogen-bond acceptors (Lipinski definition) is 2. The molecule has 0 aromatic heterocycles. The number of allylic oxidation sites excluding steroid dienone is 4. The topological polar surface area (TPSA) is 37.3 Å². The highest BCUT2D eigenvalue weighted by atomic mass is 16.2. The zero-order chi connectivity index (χ0) is 11.1. The van der Waals surface area contributed by atoms with Crippen LogP contribution in [0.15, 0.2) is 24.3 Å². The van der Waals surface area contributed by atoms with Crippen molar-refractivity contribution < 1.29 is 9.90 Å². The summed E-state index contributed by atoms with van der Waals surface area (Å²) in [6, 6.07) is 0. The normalized spacial score (nSPS) is 10.2. The fourth-order valence-electron chi connectivity index (χ4n) is 0.796. The van der Waals surface area contributed by atoms with Crippen LogP contribution in [0.1, 0.15) is 39.5 Å². The summed E-state index contributed by atoms with van der Waals surface area (Å²) in [6.45, 7) is 4.12. The Labute approximate surface area is 87.3 Å². The molecule has 0 spiro atoms. The summed E-state index contributed by atoms with van der Waals surface area (Å²) in [4.78, 5) is 9.82. The van der Waals surface area contributed by atoms with Crippen molar-refractivity contribution in [1.82, 2.24) is 0 Å². The minimum absolute atomic E-state index is 0.250. The molecule has 0 saturated heterocycles. The van der Waals surface area contributed by atoms with Crippen LogP contribution in [-0.2, 0) is 4.79 Å². The first-order chi connectivity index (χ1) is 6.83. The molecule has 0 atom stereocenters. The maximum atomic E-state index is 9.82. The van der Waals surface area contributed by atoms with E-state index in [1.54, 1.807) is 13.0 Å². The monoisotopic (exact) mass is 198 g/mol. The predicted molar refractivity (Wildman–Crippen MR) is 61.2 cm³/mol. The van der Waals surface area contributed by atoms with E-state index in [1.165, 1.54) is 25.3 Å². The van der Waals surface area contributed by atoms with E-state index in [4.69, 9.17) is 5.11 Å². The molecule has 0 fully saturated rings. The summed E-state index contributed by atoms with van der Waals surface area (Å²) in [6.07, 6.45) is 13.0. The Bertz CT molecular complexity index is 148. The molecule has 0 aliphatic carbocycles. The molecular weight excluding hydrogens is 176 g/mol. The summed E-state index contributed by atoms with van der Waals surface area (Å²) < 4.78 is 0. The summed E-state index contributed by atoms with van der Waals surface area (Å²) >= 11 is 0. The van der Waals surface area contributed by atoms with Crippen LogP contribution in [0.25, 0.3) is 0 Å². The van der Waals surface area contributed by atoms with Gasteiger partial charge in [0.05, 0.1) is 0 Å². The molecule has 0 unspecified atom stereocenters. The molecule has 2 nitrogen and oxygen atoms in total. The van der Waals surface area contributed by atoms with Gasteiger partial charge in [0.25, 0.3) is 0 Å². The standard InChI is InChI=1S/C10H16O.C2H6O/c1-2-3-4-5-6-7-8-9-10-11;1-2-3/h6-10H,2-5H2,1H3;3H,2H2,1H3/b7-6+,9-8+;. The molecule has 0 aliphatic heterocycles. The molecule has 0 bridgehead atoms. The summed E-state index contributed by atoms with van der Waals surface area (Å²) in [7, 11) is 0. The van der Waals surface area contributed by atoms with Gasteiger partial charge in [0.2, 0.25) is 0 Å². The Hall–Kier alpha value is -0.890. The Morgan fingerprint density at radius 3 is 2.21 bits per heavy atom. The van der Waals surface area contributed by atoms with Crippen molar-refractivity contribution in [2.45, 2.75) is 39.5 Å². The van der Waals surface area contributed by atoms with E-state index in [2.05, 4.69) is 13.0 Å². The first-order valence-electron chi connectivity index (χ1n) is 5.21. The van der Waals surface area contributed by atoms with Crippen LogP contribution < -0.4 is 0 Å². The second kappa shape index (κ2) is 18.0. The van der Waals surface area contributed by atoms with Gasteiger partial charge in [0, 0.05) is 6.61 Å². The van der Waals surface area contributed by atoms with Crippen molar-refractivity contribution >= 4 is 6.29 Å². The number of aldehydes is 1. The third-order valence-electron chi connectivity index (χ3n) is 1.41. The molecule has 0 aliphatic rings. The summed E-state index contributed by atoms with van der Waals surface area (Å²) in [5.74, 6) is 0. The largest absolute Gasteiger partial charge is 0.397 e. The number of carbonyl (C=O) groups is 1. The van der Waals surface area contributed by atoms with E-state index in [0.717, 1.165) is 12.7 Å². The third-order valence-corrected chi connectivity index (χ3v) is 1.41. The number of unbranched alkanes of at least 4 members (excludes halogenated alkanes) is 3. The third kappa shape index (κ3) is 22.5. The molecule has 0 radical (unpaired) electrons. The van der Waals surface area contributed by atoms with Crippen molar-refractivity contribution in [3.05, 3.63) is 24.3 Å². The first kappa shape index (κ1) is 15.6. The zero-order valence-corrected chi connectivity index (χ0v) is 9.28. The average Bonchev–Trinajstić information content (AvgIpc) is 2.18. The zero-order valence-electron chi connectivity index (χ0n) is 9.28. The highest BCUT2D eigenvalue weighted by Crippen LogP contribution is 1.99. The molecule has 0 amide bonds. The molecule has 2 heteroatoms. The van der Waals surface area contributed by atoms with E-state index in [0.29, 0.717) is 0 Å². The van der Waals surface area contributed by atoms with Gasteiger partial charge in [-0.15, -0.1) is 0 Å². The second-order valence-electron chi connectivity index (χ2n) is 2.76. The minimum Gasteiger partial charge on any atom is -0.397 e. The van der Waals surface area contributed by atoms with Crippen LogP contribution in [0.2, 0.25) is 0 Å². The fraction of sp³-hybridized carbons (Fsp3) is 0.583. The maximum Gasteiger partial charge on any atom is 0.142 e. The second-order valence-corrected chi connectivity index (χ2v) is 2.76. The van der Waals surface area contributed by atoms with E-state index in [-0.39, 0.29) is 6.61 Å². The van der Waals surface area contributed by atoms with Crippen molar-refractivity contribution in [2.24, 2.45) is 0 Å². The Balaban J connectivity index is 0. The first-order valence-corrected chi connectivity index (χ1v) is 5.21. The van der Waals surface area contributed by atoms with Gasteiger partial charge in [-0.2, -0.15) is 0 Å². The smallest absolute Gasteiger partial charge is 0.142 e. The highest BCUT2D eigenvalue weighted by Gasteiger charge is 1.79. The lowest BCUT2D eigenvalue weighted by Gasteiger charge is -1.89. The lowest BCUT2D eigenvalue weighted by Crippen LogP contribution is -1.69. The molecule has 0 aromatic rings. The van der Waals surface area contributed by atoms with E-state index in [9.17, 15) is 4.79 Å². The van der Waals surface area contributed by atoms with Crippen molar-refractivity contribution in [3.63, 3.8) is 0 Å². The van der Waals surface area contributed by atoms with Crippen LogP contribution in [0.3, 0.4) is 0 Å². The van der Waals surface area contributed by atoms with Crippen LogP contribution in [-0.4, -0.2) is 18.0 Å². The number of carbonyl (C=O) groups excluding carboxylic acids is 1. The van der Waals surface area contributed by atoms with E-state index < -0.39 is 0 Å². The van der Waals surface area contributed by atoms with Crippen LogP contribution in [0.4, 0.5) is 0 Å². The fourth-order valence-corrected chi connectivity index (χ4v) is 0.796. The highest BCUT2D eigenvalue weighted by molar-refractivity contribution is 5.65. The number of hydrogen-bond donors (Lipinski definition) is 1. The van der Waals surface area contributed by atoms with Crippen molar-refractivity contribution in [2.75, 3.05) is 6.61 Å². The molecule has 14 heavy (non-hydrogen) atoms. The van der Waals surface area contributed by atoms with Gasteiger partial charge in [-0.3, -0.25) is 4.79 Å². The van der Waals surface area contributed by atoms with Gasteiger partial charge in [-0.05, 0) is 25.8 Å². The van der Waals surface area contributed by atoms with Crippen LogP contribution in [0, 0.1) is 0 Å². The SMILES string of the molecule is CCCCC/C=C/C=C/C=O.CCO. The molecule has 82 valence electrons. The molecule has 0 aromatic carbocycles. The number of aliphatic hydroxyl groups is 1. The molecule has 0 heterocycles. The lowest BCUT2D eigenvalue weighted by atomic mass is 10.2. The number of rotatable bonds is 6. The number of aliphatic hydroxyl groups excluding tert-OH is 1. The van der Waals surface area contributed by atoms with Gasteiger partial charge in [0.15, 0.2) is 0 Å². The maximum absolute atomic E-state index is 9.82. The summed E-state index contributed by atoms with van der Waals surface area (Å²) in [5, 5.41) is 7.57. The quantitative estimate of drug-likeness (QED) is 0.308. The van der Waals surface area contributed by atoms with Gasteiger partial charge in [0.1, 0.15) is 6.29 Å². The summed E-state index contributed by atoms with van der Waals surface area (Å²) in [5.41, 5.74) is 0. The minimum atomic E-state index is 0.250. The van der Waals surface area contributed by atoms with Gasteiger partial charge < -0.3 is 5.11 Å². The Kier molecular flexibility index (Phi) is 20.0. The molecule has 1 N–H and O–H groups in total. The van der Waals surface area contributed by atoms with Crippen LogP contribution >= 0.6 is 0 Å². The molecule has 0 rings (SSSR count). The Morgan fingerprint density at radius 2 is 1.71 bits per heavy atom. The lowest BCUT2D eigenvalue weighted by molar-refractivity contribution is -0.104. The van der Waals surface area contributed by atoms with Crippen molar-refractivity contribution in [3.8, 4) is 0 Å². The van der Waals surface area contributed by atoms with E-state index in [1.807, 2.05) is 6.08 Å². The molecule has 0 saturated carbocycles. The van der Waals surface area contributed by atoms with Gasteiger partial charge in [-0.25, -0.2) is 0 Å². The van der Waals surface area contributed by atoms with Gasteiger partial charge in [-0.1, -0.05) is 38.0 Å².